The van der Waals surface area contributed by atoms with Gasteiger partial charge in [-0.3, -0.25) is 0 Å². The molecule has 11 heteroatoms. The molecule has 5 N–H and O–H groups in total. The first-order chi connectivity index (χ1) is 13.4. The van der Waals surface area contributed by atoms with Gasteiger partial charge in [-0.25, -0.2) is 14.2 Å². The van der Waals surface area contributed by atoms with Crippen LogP contribution in [0.5, 0.6) is 0 Å². The van der Waals surface area contributed by atoms with Gasteiger partial charge in [-0.1, -0.05) is 0 Å². The SMILES string of the molecule is [CH2-]OCC(O)CCOCC(O)COCCC(C)O.[CH2-]OCC(O)COCCO.[Rf]. The second-order valence-electron chi connectivity index (χ2n) is 6.08. The smallest absolute Gasteiger partial charge is 0.101 e. The molecule has 0 aromatic rings. The van der Waals surface area contributed by atoms with Crippen LogP contribution in [-0.2, 0) is 23.7 Å². The molecule has 0 bridgehead atoms. The maximum Gasteiger partial charge on any atom is 0.101 e. The van der Waals surface area contributed by atoms with Crippen molar-refractivity contribution in [2.24, 2.45) is 0 Å². The number of ether oxygens (including phenoxy) is 5. The zero-order valence-electron chi connectivity index (χ0n) is 17.5. The topological polar surface area (TPSA) is 147 Å². The molecule has 0 aliphatic rings. The molecule has 174 valence electrons. The van der Waals surface area contributed by atoms with Gasteiger partial charge >= 0.3 is 0 Å². The van der Waals surface area contributed by atoms with Crippen molar-refractivity contribution in [3.05, 3.63) is 14.2 Å². The predicted octanol–water partition coefficient (Wildman–Crippen LogP) is -1.13. The molecule has 0 aromatic heterocycles. The van der Waals surface area contributed by atoms with Crippen LogP contribution in [0, 0.1) is 14.2 Å². The monoisotopic (exact) mass is 681 g/mol. The van der Waals surface area contributed by atoms with Gasteiger partial charge in [0.1, 0.15) is 6.10 Å². The Morgan fingerprint density at radius 1 is 0.655 bits per heavy atom. The predicted molar refractivity (Wildman–Crippen MR) is 101 cm³/mol. The molecule has 0 spiro atoms. The molecule has 0 saturated heterocycles. The van der Waals surface area contributed by atoms with Crippen molar-refractivity contribution >= 4 is 0 Å². The summed E-state index contributed by atoms with van der Waals surface area (Å²) < 4.78 is 24.0. The van der Waals surface area contributed by atoms with Crippen LogP contribution in [0.3, 0.4) is 0 Å². The summed E-state index contributed by atoms with van der Waals surface area (Å²) in [6.07, 6.45) is -1.35. The van der Waals surface area contributed by atoms with Gasteiger partial charge in [0.2, 0.25) is 0 Å². The van der Waals surface area contributed by atoms with Gasteiger partial charge < -0.3 is 49.2 Å². The van der Waals surface area contributed by atoms with Crippen LogP contribution < -0.4 is 0 Å². The van der Waals surface area contributed by atoms with Crippen molar-refractivity contribution in [3.63, 3.8) is 0 Å². The first kappa shape index (κ1) is 32.3. The Kier molecular flexibility index (Phi) is 27.4. The maximum absolute atomic E-state index is 9.47. The fourth-order valence-corrected chi connectivity index (χ4v) is 1.65. The van der Waals surface area contributed by atoms with E-state index in [4.69, 9.17) is 29.5 Å². The largest absolute Gasteiger partial charge is 0.553 e. The molecule has 4 unspecified atom stereocenters. The van der Waals surface area contributed by atoms with Gasteiger partial charge in [0.05, 0.1) is 51.3 Å². The fourth-order valence-electron chi connectivity index (χ4n) is 1.65. The summed E-state index contributed by atoms with van der Waals surface area (Å²) in [7, 11) is 6.25. The van der Waals surface area contributed by atoms with E-state index in [1.165, 1.54) is 0 Å². The third-order valence-electron chi connectivity index (χ3n) is 3.06. The molecule has 29 heavy (non-hydrogen) atoms. The molecule has 4 atom stereocenters. The Morgan fingerprint density at radius 3 is 1.52 bits per heavy atom. The third-order valence-corrected chi connectivity index (χ3v) is 3.06. The van der Waals surface area contributed by atoms with E-state index >= 15 is 0 Å². The third kappa shape index (κ3) is 28.9. The maximum atomic E-state index is 9.47. The van der Waals surface area contributed by atoms with E-state index in [0.29, 0.717) is 26.1 Å². The Labute approximate surface area is 167 Å². The average molecular weight is 681 g/mol. The molecule has 0 aliphatic heterocycles. The molecule has 0 aliphatic carbocycles. The van der Waals surface area contributed by atoms with Crippen molar-refractivity contribution in [1.82, 2.24) is 0 Å². The summed E-state index contributed by atoms with van der Waals surface area (Å²) >= 11 is 0. The van der Waals surface area contributed by atoms with Crippen LogP contribution in [0.4, 0.5) is 0 Å². The van der Waals surface area contributed by atoms with E-state index < -0.39 is 24.4 Å². The summed E-state index contributed by atoms with van der Waals surface area (Å²) in [4.78, 5) is 0. The Hall–Kier alpha value is -1.40. The van der Waals surface area contributed by atoms with Crippen LogP contribution >= 0.6 is 0 Å². The summed E-state index contributed by atoms with van der Waals surface area (Å²) in [6.45, 7) is 3.50. The van der Waals surface area contributed by atoms with Gasteiger partial charge in [-0.05, 0) is 19.8 Å². The fraction of sp³-hybridized carbons (Fsp3) is 0.889. The van der Waals surface area contributed by atoms with Crippen LogP contribution in [-0.4, -0.2) is 109 Å². The normalized spacial score (nSPS) is 14.9. The Morgan fingerprint density at radius 2 is 1.07 bits per heavy atom. The Bertz CT molecular complexity index is 300. The first-order valence-electron chi connectivity index (χ1n) is 9.17. The number of aliphatic hydroxyl groups is 5. The number of rotatable bonds is 18. The zero-order valence-corrected chi connectivity index (χ0v) is 23.9. The quantitative estimate of drug-likeness (QED) is 0.0891. The van der Waals surface area contributed by atoms with E-state index in [1.54, 1.807) is 6.92 Å². The van der Waals surface area contributed by atoms with Gasteiger partial charge in [0.25, 0.3) is 0 Å². The molecule has 0 aromatic carbocycles. The average Bonchev–Trinajstić information content (AvgIpc) is 2.63. The molecule has 10 nitrogen and oxygen atoms in total. The molecule has 0 saturated carbocycles. The van der Waals surface area contributed by atoms with Crippen LogP contribution in [0.1, 0.15) is 19.8 Å². The van der Waals surface area contributed by atoms with E-state index in [9.17, 15) is 10.2 Å². The van der Waals surface area contributed by atoms with Crippen molar-refractivity contribution in [1.29, 1.82) is 0 Å². The summed E-state index contributed by atoms with van der Waals surface area (Å²) in [6, 6.07) is 0. The Balaban J connectivity index is -0.000000525. The molecular formula is C18H38O10Rf-2. The van der Waals surface area contributed by atoms with Crippen molar-refractivity contribution in [2.45, 2.75) is 44.2 Å². The number of aliphatic hydroxyl groups excluding tert-OH is 5. The van der Waals surface area contributed by atoms with Crippen molar-refractivity contribution in [2.75, 3.05) is 59.5 Å². The summed E-state index contributed by atoms with van der Waals surface area (Å²) in [5.74, 6) is 0. The van der Waals surface area contributed by atoms with Gasteiger partial charge in [0, 0.05) is 26.4 Å². The van der Waals surface area contributed by atoms with E-state index in [1.807, 2.05) is 0 Å². The molecule has 0 radical (unpaired) electrons. The second kappa shape index (κ2) is 24.6. The first-order valence-corrected chi connectivity index (χ1v) is 9.17. The summed E-state index contributed by atoms with van der Waals surface area (Å²) in [5.41, 5.74) is 0. The molecular weight excluding hydrogens is 643 g/mol. The van der Waals surface area contributed by atoms with Gasteiger partial charge in [-0.2, -0.15) is 0 Å². The van der Waals surface area contributed by atoms with E-state index in [-0.39, 0.29) is 46.2 Å². The summed E-state index contributed by atoms with van der Waals surface area (Å²) in [5, 5.41) is 44.9. The molecule has 0 fully saturated rings. The van der Waals surface area contributed by atoms with Gasteiger partial charge in [0.15, 0.2) is 0 Å². The number of hydrogen-bond donors (Lipinski definition) is 5. The van der Waals surface area contributed by atoms with Crippen LogP contribution in [0.2, 0.25) is 0 Å². The van der Waals surface area contributed by atoms with E-state index in [2.05, 4.69) is 23.7 Å². The van der Waals surface area contributed by atoms with Gasteiger partial charge in [-0.15, -0.1) is 0 Å². The van der Waals surface area contributed by atoms with E-state index in [0.717, 1.165) is 0 Å². The number of hydrogen-bond acceptors (Lipinski definition) is 10. The van der Waals surface area contributed by atoms with Crippen molar-refractivity contribution < 1.29 is 49.2 Å². The standard InChI is InChI=1S/C12H25O6.C6H13O4.Rf/c1-10(13)3-5-17-8-12(15)9-18-6-4-11(14)7-16-2;1-9-4-6(8)5-10-3-2-7;/h10-15H,2-9H2,1H3;6-8H,1-5H2;/q2*-1;. The minimum atomic E-state index is -0.694. The zero-order chi connectivity index (χ0) is 21.6. The molecule has 0 rings (SSSR count). The molecule has 0 heterocycles. The molecule has 0 amide bonds. The minimum absolute atomic E-state index is 0. The van der Waals surface area contributed by atoms with Crippen LogP contribution in [0.15, 0.2) is 0 Å². The van der Waals surface area contributed by atoms with Crippen molar-refractivity contribution in [3.8, 4) is 0 Å². The second-order valence-corrected chi connectivity index (χ2v) is 6.08. The van der Waals surface area contributed by atoms with Crippen LogP contribution in [0.25, 0.3) is 0 Å². The minimum Gasteiger partial charge on any atom is -0.553 e.